The normalized spacial score (nSPS) is 16.4. The van der Waals surface area contributed by atoms with Crippen LogP contribution in [0.15, 0.2) is 24.3 Å². The molecule has 1 aliphatic rings. The lowest BCUT2D eigenvalue weighted by Crippen LogP contribution is -2.49. The van der Waals surface area contributed by atoms with Gasteiger partial charge in [-0.2, -0.15) is 0 Å². The zero-order chi connectivity index (χ0) is 20.1. The molecule has 1 fully saturated rings. The Morgan fingerprint density at radius 1 is 1.00 bits per heavy atom. The van der Waals surface area contributed by atoms with Gasteiger partial charge >= 0.3 is 0 Å². The van der Waals surface area contributed by atoms with E-state index in [4.69, 9.17) is 9.97 Å². The smallest absolute Gasteiger partial charge is 0.136 e. The molecule has 5 nitrogen and oxygen atoms in total. The van der Waals surface area contributed by atoms with E-state index in [2.05, 4.69) is 47.9 Å². The van der Waals surface area contributed by atoms with Crippen LogP contribution in [-0.2, 0) is 12.8 Å². The van der Waals surface area contributed by atoms with Crippen LogP contribution in [0.1, 0.15) is 48.5 Å². The zero-order valence-corrected chi connectivity index (χ0v) is 17.8. The second kappa shape index (κ2) is 9.48. The maximum Gasteiger partial charge on any atom is 0.136 e. The molecule has 0 aliphatic carbocycles. The first-order chi connectivity index (χ1) is 13.5. The molecule has 0 saturated carbocycles. The van der Waals surface area contributed by atoms with Gasteiger partial charge in [0.15, 0.2) is 0 Å². The Hall–Kier alpha value is -1.98. The van der Waals surface area contributed by atoms with E-state index in [0.717, 1.165) is 69.3 Å². The number of piperazine rings is 1. The number of anilines is 1. The van der Waals surface area contributed by atoms with Crippen molar-refractivity contribution in [2.24, 2.45) is 0 Å². The summed E-state index contributed by atoms with van der Waals surface area (Å²) in [6.07, 6.45) is 2.37. The zero-order valence-electron chi connectivity index (χ0n) is 17.8. The Morgan fingerprint density at radius 2 is 1.68 bits per heavy atom. The van der Waals surface area contributed by atoms with Crippen LogP contribution in [0, 0.1) is 13.8 Å². The highest BCUT2D eigenvalue weighted by Gasteiger charge is 2.23. The molecule has 1 aromatic carbocycles. The molecule has 1 saturated heterocycles. The third kappa shape index (κ3) is 5.09. The van der Waals surface area contributed by atoms with E-state index in [1.165, 1.54) is 16.7 Å². The second-order valence-electron chi connectivity index (χ2n) is 7.89. The third-order valence-electron chi connectivity index (χ3n) is 5.63. The summed E-state index contributed by atoms with van der Waals surface area (Å²) in [6, 6.07) is 8.77. The van der Waals surface area contributed by atoms with Crippen molar-refractivity contribution in [3.8, 4) is 0 Å². The third-order valence-corrected chi connectivity index (χ3v) is 5.63. The molecule has 0 amide bonds. The molecule has 28 heavy (non-hydrogen) atoms. The van der Waals surface area contributed by atoms with Crippen molar-refractivity contribution >= 4 is 5.82 Å². The van der Waals surface area contributed by atoms with Crippen LogP contribution in [-0.4, -0.2) is 58.8 Å². The fourth-order valence-electron chi connectivity index (χ4n) is 3.85. The van der Waals surface area contributed by atoms with Gasteiger partial charge in [-0.3, -0.25) is 4.90 Å². The van der Waals surface area contributed by atoms with E-state index in [1.54, 1.807) is 0 Å². The maximum absolute atomic E-state index is 9.95. The van der Waals surface area contributed by atoms with Crippen molar-refractivity contribution in [3.05, 3.63) is 52.5 Å². The number of benzene rings is 1. The maximum atomic E-state index is 9.95. The number of aliphatic hydroxyl groups excluding tert-OH is 1. The lowest BCUT2D eigenvalue weighted by Gasteiger charge is -2.37. The lowest BCUT2D eigenvalue weighted by atomic mass is 10.0. The summed E-state index contributed by atoms with van der Waals surface area (Å²) in [6.45, 7) is 12.9. The van der Waals surface area contributed by atoms with Gasteiger partial charge in [0.1, 0.15) is 11.6 Å². The van der Waals surface area contributed by atoms with Crippen molar-refractivity contribution in [2.75, 3.05) is 37.6 Å². The molecular weight excluding hydrogens is 348 g/mol. The molecule has 0 spiro atoms. The minimum atomic E-state index is -0.225. The molecule has 2 aromatic rings. The molecular formula is C23H34N4O. The number of β-amino-alcohol motifs (C(OH)–C–C–N with tert-alkyl or cyclic N) is 1. The Kier molecular flexibility index (Phi) is 7.03. The van der Waals surface area contributed by atoms with Gasteiger partial charge in [-0.15, -0.1) is 0 Å². The summed E-state index contributed by atoms with van der Waals surface area (Å²) in [5, 5.41) is 9.95. The molecule has 1 N–H and O–H groups in total. The first-order valence-electron chi connectivity index (χ1n) is 10.6. The number of nitrogens with zero attached hydrogens (tertiary/aromatic N) is 4. The summed E-state index contributed by atoms with van der Waals surface area (Å²) >= 11 is 0. The molecule has 1 aliphatic heterocycles. The van der Waals surface area contributed by atoms with Crippen LogP contribution in [0.5, 0.6) is 0 Å². The monoisotopic (exact) mass is 382 g/mol. The van der Waals surface area contributed by atoms with Gasteiger partial charge in [-0.1, -0.05) is 43.7 Å². The van der Waals surface area contributed by atoms with E-state index in [0.29, 0.717) is 0 Å². The van der Waals surface area contributed by atoms with Crippen molar-refractivity contribution < 1.29 is 5.11 Å². The first kappa shape index (κ1) is 20.7. The number of hydrogen-bond acceptors (Lipinski definition) is 5. The van der Waals surface area contributed by atoms with Crippen LogP contribution in [0.3, 0.4) is 0 Å². The summed E-state index contributed by atoms with van der Waals surface area (Å²) in [7, 11) is 0. The van der Waals surface area contributed by atoms with E-state index in [1.807, 2.05) is 13.8 Å². The molecule has 5 heteroatoms. The Balaban J connectivity index is 1.82. The molecule has 0 radical (unpaired) electrons. The van der Waals surface area contributed by atoms with Gasteiger partial charge in [-0.05, 0) is 32.3 Å². The highest BCUT2D eigenvalue weighted by molar-refractivity contribution is 5.52. The number of aromatic nitrogens is 2. The summed E-state index contributed by atoms with van der Waals surface area (Å²) in [5.41, 5.74) is 5.01. The van der Waals surface area contributed by atoms with Crippen molar-refractivity contribution in [1.82, 2.24) is 14.9 Å². The topological polar surface area (TPSA) is 52.5 Å². The fourth-order valence-corrected chi connectivity index (χ4v) is 3.85. The van der Waals surface area contributed by atoms with Crippen LogP contribution >= 0.6 is 0 Å². The van der Waals surface area contributed by atoms with Gasteiger partial charge in [-0.25, -0.2) is 9.97 Å². The first-order valence-corrected chi connectivity index (χ1v) is 10.6. The molecule has 2 heterocycles. The standard InChI is InChI=1S/C23H34N4O/c1-5-20(28)16-26-11-13-27(14-12-26)23-21(22(6-2)24-18(4)25-23)15-19-9-7-17(3)8-10-19/h7-10,20,28H,5-6,11-16H2,1-4H3/t20-/m0/s1. The minimum absolute atomic E-state index is 0.225. The van der Waals surface area contributed by atoms with Gasteiger partial charge in [0, 0.05) is 50.4 Å². The summed E-state index contributed by atoms with van der Waals surface area (Å²) in [5.74, 6) is 1.95. The lowest BCUT2D eigenvalue weighted by molar-refractivity contribution is 0.106. The summed E-state index contributed by atoms with van der Waals surface area (Å²) < 4.78 is 0. The Morgan fingerprint density at radius 3 is 2.29 bits per heavy atom. The molecule has 1 atom stereocenters. The quantitative estimate of drug-likeness (QED) is 0.797. The Labute approximate surface area is 169 Å². The summed E-state index contributed by atoms with van der Waals surface area (Å²) in [4.78, 5) is 14.4. The van der Waals surface area contributed by atoms with E-state index in [9.17, 15) is 5.11 Å². The van der Waals surface area contributed by atoms with Crippen molar-refractivity contribution in [2.45, 2.75) is 53.1 Å². The molecule has 0 bridgehead atoms. The largest absolute Gasteiger partial charge is 0.392 e. The molecule has 0 unspecified atom stereocenters. The predicted molar refractivity (Wildman–Crippen MR) is 115 cm³/mol. The fraction of sp³-hybridized carbons (Fsp3) is 0.565. The van der Waals surface area contributed by atoms with Crippen molar-refractivity contribution in [3.63, 3.8) is 0 Å². The van der Waals surface area contributed by atoms with Crippen LogP contribution in [0.4, 0.5) is 5.82 Å². The van der Waals surface area contributed by atoms with Crippen molar-refractivity contribution in [1.29, 1.82) is 0 Å². The number of rotatable bonds is 7. The number of aryl methyl sites for hydroxylation is 3. The second-order valence-corrected chi connectivity index (χ2v) is 7.89. The van der Waals surface area contributed by atoms with E-state index in [-0.39, 0.29) is 6.10 Å². The number of aliphatic hydroxyl groups is 1. The SMILES string of the molecule is CCc1nc(C)nc(N2CCN(C[C@@H](O)CC)CC2)c1Cc1ccc(C)cc1. The van der Waals surface area contributed by atoms with E-state index < -0.39 is 0 Å². The average molecular weight is 383 g/mol. The highest BCUT2D eigenvalue weighted by atomic mass is 16.3. The molecule has 152 valence electrons. The average Bonchev–Trinajstić information content (AvgIpc) is 2.71. The molecule has 1 aromatic heterocycles. The van der Waals surface area contributed by atoms with Gasteiger partial charge in [0.25, 0.3) is 0 Å². The van der Waals surface area contributed by atoms with Crippen LogP contribution in [0.2, 0.25) is 0 Å². The van der Waals surface area contributed by atoms with Gasteiger partial charge in [0.05, 0.1) is 6.10 Å². The van der Waals surface area contributed by atoms with E-state index >= 15 is 0 Å². The van der Waals surface area contributed by atoms with Crippen LogP contribution < -0.4 is 4.90 Å². The number of hydrogen-bond donors (Lipinski definition) is 1. The minimum Gasteiger partial charge on any atom is -0.392 e. The predicted octanol–water partition coefficient (Wildman–Crippen LogP) is 3.14. The van der Waals surface area contributed by atoms with Gasteiger partial charge in [0.2, 0.25) is 0 Å². The highest BCUT2D eigenvalue weighted by Crippen LogP contribution is 2.26. The van der Waals surface area contributed by atoms with Gasteiger partial charge < -0.3 is 10.0 Å². The Bertz CT molecular complexity index is 767. The molecule has 3 rings (SSSR count). The van der Waals surface area contributed by atoms with Crippen LogP contribution in [0.25, 0.3) is 0 Å².